The Morgan fingerprint density at radius 1 is 1.06 bits per heavy atom. The SMILES string of the molecule is Nc1nc(CN2CCN(C(=O)CC34CC5CC(CC(Br)(C5)C3)C4)CC2)nc2ccccc12. The number of nitrogen functional groups attached to an aromatic ring is 1. The molecule has 1 saturated heterocycles. The molecule has 4 aliphatic carbocycles. The Balaban J connectivity index is 1.07. The van der Waals surface area contributed by atoms with Crippen molar-refractivity contribution in [3.63, 3.8) is 0 Å². The van der Waals surface area contributed by atoms with Crippen LogP contribution in [0.2, 0.25) is 0 Å². The van der Waals surface area contributed by atoms with Gasteiger partial charge < -0.3 is 10.6 Å². The first-order valence-corrected chi connectivity index (χ1v) is 12.9. The number of fused-ring (bicyclic) bond motifs is 1. The third-order valence-electron chi connectivity index (χ3n) is 8.41. The van der Waals surface area contributed by atoms with Crippen LogP contribution in [0.5, 0.6) is 0 Å². The molecule has 1 aromatic carbocycles. The predicted molar refractivity (Wildman–Crippen MR) is 129 cm³/mol. The van der Waals surface area contributed by atoms with Gasteiger partial charge in [0, 0.05) is 42.3 Å². The number of carbonyl (C=O) groups is 1. The van der Waals surface area contributed by atoms with Gasteiger partial charge in [0.05, 0.1) is 12.1 Å². The van der Waals surface area contributed by atoms with Crippen LogP contribution in [-0.2, 0) is 11.3 Å². The van der Waals surface area contributed by atoms with Gasteiger partial charge in [-0.3, -0.25) is 9.69 Å². The fraction of sp³-hybridized carbons (Fsp3) is 0.640. The lowest BCUT2D eigenvalue weighted by molar-refractivity contribution is -0.140. The zero-order valence-corrected chi connectivity index (χ0v) is 20.2. The number of halogens is 1. The Morgan fingerprint density at radius 2 is 1.78 bits per heavy atom. The molecule has 170 valence electrons. The Labute approximate surface area is 198 Å². The number of rotatable bonds is 4. The number of nitrogens with two attached hydrogens (primary N) is 1. The lowest BCUT2D eigenvalue weighted by atomic mass is 9.48. The molecule has 1 amide bonds. The Morgan fingerprint density at radius 3 is 2.50 bits per heavy atom. The van der Waals surface area contributed by atoms with E-state index in [0.717, 1.165) is 61.2 Å². The van der Waals surface area contributed by atoms with Crippen LogP contribution >= 0.6 is 15.9 Å². The fourth-order valence-electron chi connectivity index (χ4n) is 7.55. The predicted octanol–water partition coefficient (Wildman–Crippen LogP) is 3.98. The number of benzene rings is 1. The van der Waals surface area contributed by atoms with E-state index in [4.69, 9.17) is 10.7 Å². The molecular weight excluding hydrogens is 466 g/mol. The van der Waals surface area contributed by atoms with Gasteiger partial charge in [-0.1, -0.05) is 28.1 Å². The minimum atomic E-state index is 0.248. The fourth-order valence-corrected chi connectivity index (χ4v) is 9.06. The number of piperazine rings is 1. The van der Waals surface area contributed by atoms with Gasteiger partial charge in [0.25, 0.3) is 0 Å². The number of alkyl halides is 1. The molecule has 4 bridgehead atoms. The van der Waals surface area contributed by atoms with Crippen LogP contribution in [0, 0.1) is 17.3 Å². The van der Waals surface area contributed by atoms with Crippen molar-refractivity contribution in [2.24, 2.45) is 17.3 Å². The lowest BCUT2D eigenvalue weighted by Crippen LogP contribution is -2.55. The molecule has 0 spiro atoms. The largest absolute Gasteiger partial charge is 0.383 e. The van der Waals surface area contributed by atoms with Gasteiger partial charge in [-0.25, -0.2) is 9.97 Å². The van der Waals surface area contributed by atoms with E-state index in [1.807, 2.05) is 24.3 Å². The van der Waals surface area contributed by atoms with E-state index >= 15 is 0 Å². The first-order valence-electron chi connectivity index (χ1n) is 12.1. The summed E-state index contributed by atoms with van der Waals surface area (Å²) in [5, 5.41) is 0.904. The Kier molecular flexibility index (Phi) is 4.99. The van der Waals surface area contributed by atoms with Crippen LogP contribution < -0.4 is 5.73 Å². The quantitative estimate of drug-likeness (QED) is 0.646. The highest BCUT2D eigenvalue weighted by molar-refractivity contribution is 9.10. The maximum absolute atomic E-state index is 13.3. The summed E-state index contributed by atoms with van der Waals surface area (Å²) in [6.45, 7) is 4.00. The van der Waals surface area contributed by atoms with E-state index < -0.39 is 0 Å². The van der Waals surface area contributed by atoms with Gasteiger partial charge in [-0.15, -0.1) is 0 Å². The number of hydrogen-bond acceptors (Lipinski definition) is 5. The minimum absolute atomic E-state index is 0.248. The molecule has 5 aliphatic rings. The number of aromatic nitrogens is 2. The highest BCUT2D eigenvalue weighted by atomic mass is 79.9. The molecule has 2 heterocycles. The number of carbonyl (C=O) groups excluding carboxylic acids is 1. The summed E-state index contributed by atoms with van der Waals surface area (Å²) in [7, 11) is 0. The molecular formula is C25H32BrN5O. The molecule has 1 aromatic heterocycles. The zero-order valence-electron chi connectivity index (χ0n) is 18.6. The Bertz CT molecular complexity index is 1040. The summed E-state index contributed by atoms with van der Waals surface area (Å²) in [6.07, 6.45) is 8.51. The van der Waals surface area contributed by atoms with Crippen molar-refractivity contribution in [1.82, 2.24) is 19.8 Å². The highest BCUT2D eigenvalue weighted by Crippen LogP contribution is 2.65. The molecule has 2 N–H and O–H groups in total. The third-order valence-corrected chi connectivity index (χ3v) is 9.33. The highest BCUT2D eigenvalue weighted by Gasteiger charge is 2.57. The van der Waals surface area contributed by atoms with Crippen molar-refractivity contribution in [3.05, 3.63) is 30.1 Å². The smallest absolute Gasteiger partial charge is 0.223 e. The molecule has 2 aromatic rings. The second-order valence-electron chi connectivity index (χ2n) is 11.0. The average molecular weight is 498 g/mol. The van der Waals surface area contributed by atoms with Gasteiger partial charge in [0.2, 0.25) is 5.91 Å². The number of nitrogens with zero attached hydrogens (tertiary/aromatic N) is 4. The van der Waals surface area contributed by atoms with Crippen LogP contribution in [0.25, 0.3) is 10.9 Å². The molecule has 4 saturated carbocycles. The van der Waals surface area contributed by atoms with Gasteiger partial charge in [-0.2, -0.15) is 0 Å². The number of anilines is 1. The van der Waals surface area contributed by atoms with Crippen LogP contribution in [0.1, 0.15) is 50.8 Å². The van der Waals surface area contributed by atoms with Crippen molar-refractivity contribution in [1.29, 1.82) is 0 Å². The van der Waals surface area contributed by atoms with E-state index in [1.165, 1.54) is 38.5 Å². The molecule has 7 rings (SSSR count). The summed E-state index contributed by atoms with van der Waals surface area (Å²) in [4.78, 5) is 26.9. The van der Waals surface area contributed by atoms with Gasteiger partial charge in [0.1, 0.15) is 11.6 Å². The minimum Gasteiger partial charge on any atom is -0.383 e. The van der Waals surface area contributed by atoms with Gasteiger partial charge in [-0.05, 0) is 67.9 Å². The van der Waals surface area contributed by atoms with Crippen LogP contribution in [-0.4, -0.2) is 56.2 Å². The van der Waals surface area contributed by atoms with Crippen LogP contribution in [0.15, 0.2) is 24.3 Å². The lowest BCUT2D eigenvalue weighted by Gasteiger charge is -2.60. The first-order chi connectivity index (χ1) is 15.4. The van der Waals surface area contributed by atoms with Crippen molar-refractivity contribution >= 4 is 38.6 Å². The second-order valence-corrected chi connectivity index (χ2v) is 12.7. The molecule has 5 fully saturated rings. The number of hydrogen-bond donors (Lipinski definition) is 1. The molecule has 32 heavy (non-hydrogen) atoms. The summed E-state index contributed by atoms with van der Waals surface area (Å²) in [5.74, 6) is 3.33. The summed E-state index contributed by atoms with van der Waals surface area (Å²) in [5.41, 5.74) is 7.29. The average Bonchev–Trinajstić information content (AvgIpc) is 2.72. The first kappa shape index (κ1) is 20.8. The summed E-state index contributed by atoms with van der Waals surface area (Å²) >= 11 is 4.09. The van der Waals surface area contributed by atoms with Crippen molar-refractivity contribution in [3.8, 4) is 0 Å². The number of amides is 1. The topological polar surface area (TPSA) is 75.3 Å². The zero-order chi connectivity index (χ0) is 21.9. The van der Waals surface area contributed by atoms with Crippen LogP contribution in [0.4, 0.5) is 5.82 Å². The summed E-state index contributed by atoms with van der Waals surface area (Å²) < 4.78 is 0.317. The van der Waals surface area contributed by atoms with E-state index in [-0.39, 0.29) is 5.41 Å². The van der Waals surface area contributed by atoms with Gasteiger partial charge in [0.15, 0.2) is 0 Å². The van der Waals surface area contributed by atoms with Gasteiger partial charge >= 0.3 is 0 Å². The van der Waals surface area contributed by atoms with E-state index in [2.05, 4.69) is 30.7 Å². The Hall–Kier alpha value is -1.73. The van der Waals surface area contributed by atoms with Crippen LogP contribution in [0.3, 0.4) is 0 Å². The van der Waals surface area contributed by atoms with E-state index in [9.17, 15) is 4.79 Å². The molecule has 2 unspecified atom stereocenters. The maximum atomic E-state index is 13.3. The van der Waals surface area contributed by atoms with E-state index in [0.29, 0.717) is 22.6 Å². The standard InChI is InChI=1S/C25H32BrN5O/c26-25-12-17-9-18(13-25)11-24(10-17,16-25)14-22(32)31-7-5-30(6-8-31)15-21-28-20-4-2-1-3-19(20)23(27)29-21/h1-4,17-18H,5-16H2,(H2,27,28,29). The summed E-state index contributed by atoms with van der Waals surface area (Å²) in [6, 6.07) is 7.87. The molecule has 2 atom stereocenters. The number of para-hydroxylation sites is 1. The normalized spacial score (nSPS) is 34.3. The maximum Gasteiger partial charge on any atom is 0.223 e. The monoisotopic (exact) mass is 497 g/mol. The third kappa shape index (κ3) is 3.81. The second kappa shape index (κ2) is 7.66. The van der Waals surface area contributed by atoms with Crippen molar-refractivity contribution < 1.29 is 4.79 Å². The van der Waals surface area contributed by atoms with E-state index in [1.54, 1.807) is 0 Å². The van der Waals surface area contributed by atoms with Crippen molar-refractivity contribution in [2.45, 2.75) is 55.8 Å². The molecule has 7 heteroatoms. The molecule has 1 aliphatic heterocycles. The molecule has 6 nitrogen and oxygen atoms in total. The van der Waals surface area contributed by atoms with Crippen molar-refractivity contribution in [2.75, 3.05) is 31.9 Å². The molecule has 0 radical (unpaired) electrons.